The predicted octanol–water partition coefficient (Wildman–Crippen LogP) is 1.63. The van der Waals surface area contributed by atoms with Gasteiger partial charge in [0.1, 0.15) is 0 Å². The molecule has 82 valence electrons. The molecule has 0 saturated carbocycles. The summed E-state index contributed by atoms with van der Waals surface area (Å²) in [6.45, 7) is 2.76. The topological polar surface area (TPSA) is 44.3 Å². The first-order chi connectivity index (χ1) is 7.40. The Hall–Kier alpha value is -0.900. The maximum atomic E-state index is 8.66. The molecule has 1 aliphatic rings. The number of hydrogen-bond acceptors (Lipinski definition) is 3. The van der Waals surface area contributed by atoms with Crippen molar-refractivity contribution in [2.45, 2.75) is 25.3 Å². The average Bonchev–Trinajstić information content (AvgIpc) is 2.31. The van der Waals surface area contributed by atoms with E-state index in [9.17, 15) is 0 Å². The van der Waals surface area contributed by atoms with Crippen LogP contribution < -0.4 is 10.8 Å². The molecule has 1 fully saturated rings. The summed E-state index contributed by atoms with van der Waals surface area (Å²) in [4.78, 5) is 0. The zero-order valence-corrected chi connectivity index (χ0v) is 8.87. The first-order valence-electron chi connectivity index (χ1n) is 5.56. The average molecular weight is 206 g/mol. The Kier molecular flexibility index (Phi) is 3.72. The van der Waals surface area contributed by atoms with E-state index >= 15 is 0 Å². The van der Waals surface area contributed by atoms with E-state index < -0.39 is 0 Å². The van der Waals surface area contributed by atoms with Gasteiger partial charge in [-0.3, -0.25) is 0 Å². The Balaban J connectivity index is 2.09. The molecule has 3 N–H and O–H groups in total. The van der Waals surface area contributed by atoms with Gasteiger partial charge in [0, 0.05) is 6.54 Å². The summed E-state index contributed by atoms with van der Waals surface area (Å²) in [6.07, 6.45) is 2.44. The minimum absolute atomic E-state index is 0.527. The van der Waals surface area contributed by atoms with Crippen molar-refractivity contribution in [3.8, 4) is 0 Å². The summed E-state index contributed by atoms with van der Waals surface area (Å²) in [5.74, 6) is 0.685. The van der Waals surface area contributed by atoms with Gasteiger partial charge in [0.25, 0.3) is 0 Å². The molecule has 0 amide bonds. The van der Waals surface area contributed by atoms with Crippen molar-refractivity contribution in [1.82, 2.24) is 10.8 Å². The second-order valence-electron chi connectivity index (χ2n) is 4.10. The van der Waals surface area contributed by atoms with Crippen LogP contribution in [0.25, 0.3) is 0 Å². The van der Waals surface area contributed by atoms with Crippen LogP contribution in [0, 0.1) is 0 Å². The highest BCUT2D eigenvalue weighted by atomic mass is 16.5. The van der Waals surface area contributed by atoms with Crippen LogP contribution in [-0.2, 0) is 6.54 Å². The molecule has 0 aliphatic carbocycles. The van der Waals surface area contributed by atoms with Crippen LogP contribution in [0.5, 0.6) is 0 Å². The lowest BCUT2D eigenvalue weighted by Gasteiger charge is -2.23. The highest BCUT2D eigenvalue weighted by Crippen LogP contribution is 2.25. The second-order valence-corrected chi connectivity index (χ2v) is 4.10. The van der Waals surface area contributed by atoms with E-state index in [1.165, 1.54) is 18.4 Å². The lowest BCUT2D eigenvalue weighted by molar-refractivity contribution is 0.161. The Morgan fingerprint density at radius 1 is 1.33 bits per heavy atom. The van der Waals surface area contributed by atoms with E-state index in [4.69, 9.17) is 5.21 Å². The van der Waals surface area contributed by atoms with Crippen LogP contribution in [0.2, 0.25) is 0 Å². The molecule has 1 heterocycles. The van der Waals surface area contributed by atoms with E-state index in [0.29, 0.717) is 12.5 Å². The summed E-state index contributed by atoms with van der Waals surface area (Å²) in [5.41, 5.74) is 4.76. The maximum absolute atomic E-state index is 8.66. The van der Waals surface area contributed by atoms with Crippen molar-refractivity contribution in [2.75, 3.05) is 13.1 Å². The molecule has 3 heteroatoms. The normalized spacial score (nSPS) is 17.9. The molecule has 3 nitrogen and oxygen atoms in total. The first kappa shape index (κ1) is 10.6. The minimum Gasteiger partial charge on any atom is -0.317 e. The number of hydrogen-bond donors (Lipinski definition) is 3. The van der Waals surface area contributed by atoms with Crippen molar-refractivity contribution in [1.29, 1.82) is 0 Å². The predicted molar refractivity (Wildman–Crippen MR) is 59.9 cm³/mol. The smallest absolute Gasteiger partial charge is 0.0458 e. The molecule has 0 atom stereocenters. The van der Waals surface area contributed by atoms with Crippen molar-refractivity contribution in [2.24, 2.45) is 0 Å². The van der Waals surface area contributed by atoms with Gasteiger partial charge in [-0.05, 0) is 43.0 Å². The molecule has 0 spiro atoms. The molecule has 2 rings (SSSR count). The third-order valence-electron chi connectivity index (χ3n) is 3.04. The van der Waals surface area contributed by atoms with Crippen LogP contribution in [0.15, 0.2) is 24.3 Å². The van der Waals surface area contributed by atoms with Crippen LogP contribution in [-0.4, -0.2) is 18.3 Å². The van der Waals surface area contributed by atoms with Crippen LogP contribution >= 0.6 is 0 Å². The molecule has 1 saturated heterocycles. The van der Waals surface area contributed by atoms with Gasteiger partial charge in [-0.15, -0.1) is 0 Å². The first-order valence-corrected chi connectivity index (χ1v) is 5.56. The third kappa shape index (κ3) is 2.78. The second kappa shape index (κ2) is 5.26. The summed E-state index contributed by atoms with van der Waals surface area (Å²) in [7, 11) is 0. The number of benzene rings is 1. The lowest BCUT2D eigenvalue weighted by Crippen LogP contribution is -2.26. The van der Waals surface area contributed by atoms with Gasteiger partial charge in [-0.25, -0.2) is 5.48 Å². The van der Waals surface area contributed by atoms with E-state index in [1.54, 1.807) is 0 Å². The highest BCUT2D eigenvalue weighted by Gasteiger charge is 2.14. The molecule has 1 aromatic rings. The fourth-order valence-corrected chi connectivity index (χ4v) is 2.20. The molecular formula is C12H18N2O. The largest absolute Gasteiger partial charge is 0.317 e. The van der Waals surface area contributed by atoms with Crippen molar-refractivity contribution >= 4 is 0 Å². The number of rotatable bonds is 3. The van der Waals surface area contributed by atoms with Gasteiger partial charge in [-0.2, -0.15) is 0 Å². The summed E-state index contributed by atoms with van der Waals surface area (Å²) in [5, 5.41) is 12.0. The highest BCUT2D eigenvalue weighted by molar-refractivity contribution is 5.26. The Bertz CT molecular complexity index is 308. The zero-order valence-electron chi connectivity index (χ0n) is 8.87. The van der Waals surface area contributed by atoms with Crippen molar-refractivity contribution in [3.05, 3.63) is 35.4 Å². The van der Waals surface area contributed by atoms with Crippen molar-refractivity contribution < 1.29 is 5.21 Å². The molecule has 0 unspecified atom stereocenters. The minimum atomic E-state index is 0.527. The molecule has 0 bridgehead atoms. The van der Waals surface area contributed by atoms with Crippen LogP contribution in [0.1, 0.15) is 29.9 Å². The van der Waals surface area contributed by atoms with Gasteiger partial charge >= 0.3 is 0 Å². The fraction of sp³-hybridized carbons (Fsp3) is 0.500. The summed E-state index contributed by atoms with van der Waals surface area (Å²) >= 11 is 0. The molecule has 1 aromatic carbocycles. The lowest BCUT2D eigenvalue weighted by atomic mass is 9.89. The Morgan fingerprint density at radius 3 is 2.87 bits per heavy atom. The standard InChI is InChI=1S/C12H18N2O/c15-14-9-10-2-1-3-12(8-10)11-4-6-13-7-5-11/h1-3,8,11,13-15H,4-7,9H2. The van der Waals surface area contributed by atoms with Crippen molar-refractivity contribution in [3.63, 3.8) is 0 Å². The molecule has 15 heavy (non-hydrogen) atoms. The van der Waals surface area contributed by atoms with Crippen LogP contribution in [0.4, 0.5) is 0 Å². The molecule has 0 radical (unpaired) electrons. The van der Waals surface area contributed by atoms with Gasteiger partial charge in [0.05, 0.1) is 0 Å². The van der Waals surface area contributed by atoms with E-state index in [1.807, 2.05) is 6.07 Å². The number of piperidine rings is 1. The fourth-order valence-electron chi connectivity index (χ4n) is 2.20. The summed E-state index contributed by atoms with van der Waals surface area (Å²) < 4.78 is 0. The van der Waals surface area contributed by atoms with Gasteiger partial charge in [-0.1, -0.05) is 24.3 Å². The summed E-state index contributed by atoms with van der Waals surface area (Å²) in [6, 6.07) is 8.49. The van der Waals surface area contributed by atoms with E-state index in [-0.39, 0.29) is 0 Å². The van der Waals surface area contributed by atoms with E-state index in [0.717, 1.165) is 18.7 Å². The van der Waals surface area contributed by atoms with Gasteiger partial charge in [0.2, 0.25) is 0 Å². The van der Waals surface area contributed by atoms with Gasteiger partial charge in [0.15, 0.2) is 0 Å². The molecular weight excluding hydrogens is 188 g/mol. The zero-order chi connectivity index (χ0) is 10.5. The number of hydroxylamine groups is 1. The van der Waals surface area contributed by atoms with Crippen LogP contribution in [0.3, 0.4) is 0 Å². The van der Waals surface area contributed by atoms with E-state index in [2.05, 4.69) is 29.0 Å². The maximum Gasteiger partial charge on any atom is 0.0458 e. The molecule has 0 aromatic heterocycles. The van der Waals surface area contributed by atoms with Gasteiger partial charge < -0.3 is 10.5 Å². The quantitative estimate of drug-likeness (QED) is 0.659. The molecule has 1 aliphatic heterocycles. The SMILES string of the molecule is ONCc1cccc(C2CCNCC2)c1. The Morgan fingerprint density at radius 2 is 2.13 bits per heavy atom. The monoisotopic (exact) mass is 206 g/mol. The third-order valence-corrected chi connectivity index (χ3v) is 3.04. The number of nitrogens with one attached hydrogen (secondary N) is 2. The Labute approximate surface area is 90.5 Å².